The number of nitro benzene ring substituents is 1. The van der Waals surface area contributed by atoms with Gasteiger partial charge in [0.2, 0.25) is 11.8 Å². The molecule has 7 rings (SSSR count). The van der Waals surface area contributed by atoms with Crippen molar-refractivity contribution in [3.63, 3.8) is 0 Å². The Hall–Kier alpha value is -4.60. The fourth-order valence-electron chi connectivity index (χ4n) is 6.25. The molecule has 10 nitrogen and oxygen atoms in total. The molecule has 2 unspecified atom stereocenters. The van der Waals surface area contributed by atoms with Gasteiger partial charge >= 0.3 is 0 Å². The second-order valence-electron chi connectivity index (χ2n) is 8.80. The normalized spacial score (nSPS) is 25.6. The van der Waals surface area contributed by atoms with E-state index in [2.05, 4.69) is 0 Å². The van der Waals surface area contributed by atoms with E-state index in [1.165, 1.54) is 19.2 Å². The third-order valence-corrected chi connectivity index (χ3v) is 7.48. The maximum Gasteiger partial charge on any atom is 0.285 e. The van der Waals surface area contributed by atoms with E-state index in [0.717, 1.165) is 11.0 Å². The van der Waals surface area contributed by atoms with Crippen molar-refractivity contribution in [3.05, 3.63) is 109 Å². The van der Waals surface area contributed by atoms with E-state index in [1.807, 2.05) is 0 Å². The van der Waals surface area contributed by atoms with Gasteiger partial charge in [0.15, 0.2) is 0 Å². The number of nitrogens with zero attached hydrogens (tertiary/aromatic N) is 3. The van der Waals surface area contributed by atoms with Crippen LogP contribution >= 0.6 is 0 Å². The molecule has 2 amide bonds. The molecule has 174 valence electrons. The fourth-order valence-corrected chi connectivity index (χ4v) is 6.25. The summed E-state index contributed by atoms with van der Waals surface area (Å²) in [5, 5.41) is 24.4. The molecule has 1 fully saturated rings. The van der Waals surface area contributed by atoms with E-state index in [1.54, 1.807) is 48.5 Å². The van der Waals surface area contributed by atoms with Crippen LogP contribution in [0.3, 0.4) is 0 Å². The van der Waals surface area contributed by atoms with E-state index in [9.17, 15) is 29.8 Å². The van der Waals surface area contributed by atoms with E-state index >= 15 is 0 Å². The summed E-state index contributed by atoms with van der Waals surface area (Å²) in [5.74, 6) is -4.26. The average molecular weight is 471 g/mol. The third-order valence-electron chi connectivity index (χ3n) is 7.48. The Morgan fingerprint density at radius 3 is 2.03 bits per heavy atom. The maximum atomic E-state index is 14.0. The molecule has 4 aliphatic rings. The highest BCUT2D eigenvalue weighted by Gasteiger charge is 2.75. The highest BCUT2D eigenvalue weighted by Crippen LogP contribution is 2.64. The predicted octanol–water partition coefficient (Wildman–Crippen LogP) is 3.39. The van der Waals surface area contributed by atoms with Crippen LogP contribution in [0.15, 0.2) is 66.7 Å². The van der Waals surface area contributed by atoms with Gasteiger partial charge in [0.25, 0.3) is 11.2 Å². The number of carbonyl (C=O) groups excluding carboxylic acids is 2. The second-order valence-corrected chi connectivity index (χ2v) is 8.80. The van der Waals surface area contributed by atoms with Gasteiger partial charge in [-0.15, -0.1) is 0 Å². The van der Waals surface area contributed by atoms with Crippen LogP contribution in [0.5, 0.6) is 5.75 Å². The van der Waals surface area contributed by atoms with Gasteiger partial charge in [-0.25, -0.2) is 4.90 Å². The lowest BCUT2D eigenvalue weighted by molar-refractivity contribution is -0.578. The molecular formula is C25H17N3O7. The number of rotatable bonds is 4. The van der Waals surface area contributed by atoms with E-state index in [-0.39, 0.29) is 17.1 Å². The first kappa shape index (κ1) is 21.0. The van der Waals surface area contributed by atoms with Crippen molar-refractivity contribution in [1.82, 2.24) is 0 Å². The van der Waals surface area contributed by atoms with E-state index in [0.29, 0.717) is 22.3 Å². The number of amides is 2. The summed E-state index contributed by atoms with van der Waals surface area (Å²) in [6.07, 6.45) is 0. The number of anilines is 1. The number of ether oxygens (including phenoxy) is 1. The molecule has 1 heterocycles. The Kier molecular flexibility index (Phi) is 4.17. The summed E-state index contributed by atoms with van der Waals surface area (Å²) < 4.78 is 5.31. The molecule has 0 spiro atoms. The van der Waals surface area contributed by atoms with Gasteiger partial charge in [-0.05, 0) is 17.2 Å². The molecule has 35 heavy (non-hydrogen) atoms. The number of nitro groups is 2. The molecule has 2 atom stereocenters. The van der Waals surface area contributed by atoms with Crippen LogP contribution in [-0.2, 0) is 15.1 Å². The molecule has 3 aromatic carbocycles. The second kappa shape index (κ2) is 6.95. The van der Waals surface area contributed by atoms with Crippen molar-refractivity contribution < 1.29 is 24.2 Å². The smallest absolute Gasteiger partial charge is 0.285 e. The van der Waals surface area contributed by atoms with Crippen LogP contribution in [0.2, 0.25) is 0 Å². The summed E-state index contributed by atoms with van der Waals surface area (Å²) in [4.78, 5) is 52.1. The molecular weight excluding hydrogens is 454 g/mol. The lowest BCUT2D eigenvalue weighted by atomic mass is 9.51. The summed E-state index contributed by atoms with van der Waals surface area (Å²) in [5.41, 5.74) is -0.349. The molecule has 1 saturated heterocycles. The van der Waals surface area contributed by atoms with Crippen molar-refractivity contribution in [2.45, 2.75) is 11.5 Å². The van der Waals surface area contributed by atoms with Gasteiger partial charge in [-0.3, -0.25) is 29.8 Å². The number of methoxy groups -OCH3 is 1. The number of imide groups is 1. The Labute approximate surface area is 198 Å². The van der Waals surface area contributed by atoms with Gasteiger partial charge in [-0.2, -0.15) is 0 Å². The number of hydrogen-bond donors (Lipinski definition) is 0. The Morgan fingerprint density at radius 2 is 1.49 bits per heavy atom. The lowest BCUT2D eigenvalue weighted by Gasteiger charge is -2.48. The average Bonchev–Trinajstić information content (AvgIpc) is 3.13. The zero-order valence-corrected chi connectivity index (χ0v) is 18.3. The minimum absolute atomic E-state index is 0.0773. The SMILES string of the molecule is COc1ccc([N+](=O)[O-])cc1N1C(=O)C2C3c4ccccc4C([N+](=O)[O-])(c4ccccc43)C2C1=O. The monoisotopic (exact) mass is 471 g/mol. The van der Waals surface area contributed by atoms with E-state index < -0.39 is 45.0 Å². The molecule has 3 aromatic rings. The topological polar surface area (TPSA) is 133 Å². The van der Waals surface area contributed by atoms with Crippen LogP contribution in [-0.4, -0.2) is 28.8 Å². The highest BCUT2D eigenvalue weighted by atomic mass is 16.6. The van der Waals surface area contributed by atoms with Crippen LogP contribution in [0.25, 0.3) is 0 Å². The van der Waals surface area contributed by atoms with Crippen molar-refractivity contribution in [2.75, 3.05) is 12.0 Å². The van der Waals surface area contributed by atoms with Crippen LogP contribution in [0.1, 0.15) is 28.2 Å². The van der Waals surface area contributed by atoms with Crippen LogP contribution < -0.4 is 9.64 Å². The van der Waals surface area contributed by atoms with Crippen LogP contribution in [0.4, 0.5) is 11.4 Å². The molecule has 0 N–H and O–H groups in total. The molecule has 0 saturated carbocycles. The largest absolute Gasteiger partial charge is 0.495 e. The van der Waals surface area contributed by atoms with Crippen molar-refractivity contribution >= 4 is 23.2 Å². The number of carbonyl (C=O) groups is 2. The van der Waals surface area contributed by atoms with Gasteiger partial charge < -0.3 is 4.74 Å². The standard InChI is InChI=1S/C25H17N3O7/c1-35-19-11-10-13(27(31)32)12-18(19)26-23(29)21-20-14-6-2-4-8-16(14)25(28(33)34,22(21)24(26)30)17-9-5-3-7-15(17)20/h2-12,20-22H,1H3. The molecule has 2 bridgehead atoms. The van der Waals surface area contributed by atoms with Crippen molar-refractivity contribution in [2.24, 2.45) is 11.8 Å². The van der Waals surface area contributed by atoms with Crippen LogP contribution in [0, 0.1) is 32.1 Å². The lowest BCUT2D eigenvalue weighted by Crippen LogP contribution is -2.57. The first-order valence-corrected chi connectivity index (χ1v) is 10.9. The summed E-state index contributed by atoms with van der Waals surface area (Å²) in [7, 11) is 1.32. The molecule has 0 aromatic heterocycles. The number of non-ortho nitro benzene ring substituents is 1. The Morgan fingerprint density at radius 1 is 0.886 bits per heavy atom. The third kappa shape index (κ3) is 2.38. The fraction of sp³-hybridized carbons (Fsp3) is 0.200. The summed E-state index contributed by atoms with van der Waals surface area (Å²) in [6, 6.07) is 17.3. The molecule has 3 aliphatic carbocycles. The van der Waals surface area contributed by atoms with Gasteiger partial charge in [0, 0.05) is 34.1 Å². The van der Waals surface area contributed by atoms with Gasteiger partial charge in [0.1, 0.15) is 17.4 Å². The quantitative estimate of drug-likeness (QED) is 0.324. The zero-order valence-electron chi connectivity index (χ0n) is 18.3. The summed E-state index contributed by atoms with van der Waals surface area (Å²) >= 11 is 0. The first-order chi connectivity index (χ1) is 16.8. The number of benzene rings is 3. The zero-order chi connectivity index (χ0) is 24.6. The molecule has 0 radical (unpaired) electrons. The molecule has 1 aliphatic heterocycles. The Bertz CT molecular complexity index is 1440. The predicted molar refractivity (Wildman–Crippen MR) is 122 cm³/mol. The van der Waals surface area contributed by atoms with E-state index in [4.69, 9.17) is 4.74 Å². The maximum absolute atomic E-state index is 14.0. The minimum atomic E-state index is -1.97. The van der Waals surface area contributed by atoms with Crippen molar-refractivity contribution in [1.29, 1.82) is 0 Å². The highest BCUT2D eigenvalue weighted by molar-refractivity contribution is 6.24. The molecule has 10 heteroatoms. The summed E-state index contributed by atoms with van der Waals surface area (Å²) in [6.45, 7) is 0. The minimum Gasteiger partial charge on any atom is -0.495 e. The first-order valence-electron chi connectivity index (χ1n) is 10.9. The Balaban J connectivity index is 1.65. The van der Waals surface area contributed by atoms with Gasteiger partial charge in [-0.1, -0.05) is 48.5 Å². The number of hydrogen-bond acceptors (Lipinski definition) is 7. The van der Waals surface area contributed by atoms with Crippen molar-refractivity contribution in [3.8, 4) is 5.75 Å². The van der Waals surface area contributed by atoms with Gasteiger partial charge in [0.05, 0.1) is 18.0 Å².